The number of hydrogen-bond donors (Lipinski definition) is 1. The van der Waals surface area contributed by atoms with Crippen molar-refractivity contribution in [3.05, 3.63) is 47.3 Å². The van der Waals surface area contributed by atoms with Gasteiger partial charge in [0.05, 0.1) is 30.2 Å². The summed E-state index contributed by atoms with van der Waals surface area (Å²) >= 11 is 0. The number of amides is 1. The zero-order valence-corrected chi connectivity index (χ0v) is 13.9. The van der Waals surface area contributed by atoms with E-state index in [2.05, 4.69) is 10.2 Å². The van der Waals surface area contributed by atoms with E-state index in [1.54, 1.807) is 0 Å². The van der Waals surface area contributed by atoms with Crippen LogP contribution in [0.1, 0.15) is 21.7 Å². The van der Waals surface area contributed by atoms with Crippen molar-refractivity contribution in [3.8, 4) is 0 Å². The molecule has 23 heavy (non-hydrogen) atoms. The summed E-state index contributed by atoms with van der Waals surface area (Å²) in [4.78, 5) is 14.9. The molecule has 0 aliphatic carbocycles. The Morgan fingerprint density at radius 2 is 1.87 bits per heavy atom. The molecule has 5 nitrogen and oxygen atoms in total. The zero-order chi connectivity index (χ0) is 16.4. The zero-order valence-electron chi connectivity index (χ0n) is 13.9. The second-order valence-electron chi connectivity index (χ2n) is 5.91. The van der Waals surface area contributed by atoms with Gasteiger partial charge in [0.25, 0.3) is 5.91 Å². The number of rotatable bonds is 3. The van der Waals surface area contributed by atoms with E-state index in [0.29, 0.717) is 0 Å². The molecule has 1 fully saturated rings. The van der Waals surface area contributed by atoms with Crippen LogP contribution in [-0.4, -0.2) is 36.8 Å². The average Bonchev–Trinajstić information content (AvgIpc) is 2.84. The average molecular weight is 313 g/mol. The largest absolute Gasteiger partial charge is 0.378 e. The number of nitrogens with zero attached hydrogens (tertiary/aromatic N) is 2. The number of hydrogen-bond acceptors (Lipinski definition) is 3. The third-order valence-corrected chi connectivity index (χ3v) is 4.52. The first-order valence-electron chi connectivity index (χ1n) is 7.94. The van der Waals surface area contributed by atoms with Crippen molar-refractivity contribution >= 4 is 17.3 Å². The Labute approximate surface area is 136 Å². The number of carbonyl (C=O) groups is 1. The molecule has 122 valence electrons. The minimum Gasteiger partial charge on any atom is -0.378 e. The molecule has 0 atom stereocenters. The van der Waals surface area contributed by atoms with E-state index in [4.69, 9.17) is 4.74 Å². The molecule has 0 saturated carbocycles. The lowest BCUT2D eigenvalue weighted by atomic mass is 10.2. The molecule has 1 amide bonds. The van der Waals surface area contributed by atoms with E-state index in [1.165, 1.54) is 0 Å². The fourth-order valence-corrected chi connectivity index (χ4v) is 2.93. The number of para-hydroxylation sites is 2. The van der Waals surface area contributed by atoms with Crippen molar-refractivity contribution in [1.29, 1.82) is 0 Å². The maximum atomic E-state index is 12.7. The van der Waals surface area contributed by atoms with Crippen LogP contribution in [0.25, 0.3) is 0 Å². The topological polar surface area (TPSA) is 46.5 Å². The Hall–Kier alpha value is -2.27. The van der Waals surface area contributed by atoms with Gasteiger partial charge < -0.3 is 19.5 Å². The van der Waals surface area contributed by atoms with Gasteiger partial charge in [0, 0.05) is 31.5 Å². The molecule has 2 heterocycles. The molecule has 0 radical (unpaired) electrons. The standard InChI is InChI=1S/C18H23N3O2/c1-13-12-15(14(2)20(13)3)18(22)19-16-6-4-5-7-17(16)21-8-10-23-11-9-21/h4-7,12H,8-11H2,1-3H3,(H,19,22). The molecule has 5 heteroatoms. The first kappa shape index (κ1) is 15.6. The maximum absolute atomic E-state index is 12.7. The maximum Gasteiger partial charge on any atom is 0.257 e. The summed E-state index contributed by atoms with van der Waals surface area (Å²) in [5.74, 6) is -0.0630. The van der Waals surface area contributed by atoms with Crippen LogP contribution < -0.4 is 10.2 Å². The van der Waals surface area contributed by atoms with E-state index < -0.39 is 0 Å². The Kier molecular flexibility index (Phi) is 4.39. The van der Waals surface area contributed by atoms with Crippen LogP contribution in [-0.2, 0) is 11.8 Å². The highest BCUT2D eigenvalue weighted by atomic mass is 16.5. The van der Waals surface area contributed by atoms with Crippen LogP contribution in [0.5, 0.6) is 0 Å². The van der Waals surface area contributed by atoms with Crippen LogP contribution in [0, 0.1) is 13.8 Å². The van der Waals surface area contributed by atoms with Crippen molar-refractivity contribution in [2.45, 2.75) is 13.8 Å². The van der Waals surface area contributed by atoms with Gasteiger partial charge in [-0.1, -0.05) is 12.1 Å². The van der Waals surface area contributed by atoms with Crippen molar-refractivity contribution in [2.75, 3.05) is 36.5 Å². The van der Waals surface area contributed by atoms with E-state index >= 15 is 0 Å². The third-order valence-electron chi connectivity index (χ3n) is 4.52. The molecule has 0 bridgehead atoms. The van der Waals surface area contributed by atoms with Gasteiger partial charge in [-0.3, -0.25) is 4.79 Å². The number of morpholine rings is 1. The smallest absolute Gasteiger partial charge is 0.257 e. The van der Waals surface area contributed by atoms with Crippen LogP contribution in [0.3, 0.4) is 0 Å². The summed E-state index contributed by atoms with van der Waals surface area (Å²) in [6.45, 7) is 7.10. The molecule has 2 aromatic rings. The van der Waals surface area contributed by atoms with Gasteiger partial charge in [-0.25, -0.2) is 0 Å². The highest BCUT2D eigenvalue weighted by Crippen LogP contribution is 2.27. The fourth-order valence-electron chi connectivity index (χ4n) is 2.93. The molecule has 3 rings (SSSR count). The molecule has 1 aromatic carbocycles. The molecule has 0 spiro atoms. The second-order valence-corrected chi connectivity index (χ2v) is 5.91. The number of benzene rings is 1. The van der Waals surface area contributed by atoms with E-state index in [1.807, 2.05) is 55.8 Å². The number of carbonyl (C=O) groups excluding carboxylic acids is 1. The first-order valence-corrected chi connectivity index (χ1v) is 7.94. The summed E-state index contributed by atoms with van der Waals surface area (Å²) in [5, 5.41) is 3.07. The van der Waals surface area contributed by atoms with Gasteiger partial charge in [-0.05, 0) is 32.0 Å². The second kappa shape index (κ2) is 6.46. The van der Waals surface area contributed by atoms with Crippen molar-refractivity contribution in [1.82, 2.24) is 4.57 Å². The lowest BCUT2D eigenvalue weighted by Gasteiger charge is -2.30. The lowest BCUT2D eigenvalue weighted by molar-refractivity contribution is 0.102. The Bertz CT molecular complexity index is 715. The summed E-state index contributed by atoms with van der Waals surface area (Å²) in [6.07, 6.45) is 0. The minimum absolute atomic E-state index is 0.0630. The molecule has 1 aliphatic heterocycles. The van der Waals surface area contributed by atoms with E-state index in [9.17, 15) is 4.79 Å². The van der Waals surface area contributed by atoms with Crippen LogP contribution in [0.15, 0.2) is 30.3 Å². The van der Waals surface area contributed by atoms with Gasteiger partial charge >= 0.3 is 0 Å². The Balaban J connectivity index is 1.85. The molecule has 1 N–H and O–H groups in total. The monoisotopic (exact) mass is 313 g/mol. The van der Waals surface area contributed by atoms with Crippen molar-refractivity contribution < 1.29 is 9.53 Å². The minimum atomic E-state index is -0.0630. The molecule has 0 unspecified atom stereocenters. The number of ether oxygens (including phenoxy) is 1. The Morgan fingerprint density at radius 3 is 2.52 bits per heavy atom. The third kappa shape index (κ3) is 3.10. The fraction of sp³-hybridized carbons (Fsp3) is 0.389. The molecule has 1 aliphatic rings. The number of nitrogens with one attached hydrogen (secondary N) is 1. The van der Waals surface area contributed by atoms with Crippen LogP contribution in [0.4, 0.5) is 11.4 Å². The van der Waals surface area contributed by atoms with Gasteiger partial charge in [-0.2, -0.15) is 0 Å². The van der Waals surface area contributed by atoms with Crippen LogP contribution >= 0.6 is 0 Å². The summed E-state index contributed by atoms with van der Waals surface area (Å²) in [6, 6.07) is 9.88. The number of aromatic nitrogens is 1. The van der Waals surface area contributed by atoms with Gasteiger partial charge in [-0.15, -0.1) is 0 Å². The Morgan fingerprint density at radius 1 is 1.17 bits per heavy atom. The highest BCUT2D eigenvalue weighted by molar-refractivity contribution is 6.06. The van der Waals surface area contributed by atoms with Gasteiger partial charge in [0.2, 0.25) is 0 Å². The molecule has 1 saturated heterocycles. The molecular weight excluding hydrogens is 290 g/mol. The molecule has 1 aromatic heterocycles. The lowest BCUT2D eigenvalue weighted by Crippen LogP contribution is -2.36. The normalized spacial score (nSPS) is 14.8. The molecular formula is C18H23N3O2. The summed E-state index contributed by atoms with van der Waals surface area (Å²) < 4.78 is 7.44. The van der Waals surface area contributed by atoms with Crippen molar-refractivity contribution in [2.24, 2.45) is 7.05 Å². The SMILES string of the molecule is Cc1cc(C(=O)Nc2ccccc2N2CCOCC2)c(C)n1C. The van der Waals surface area contributed by atoms with Gasteiger partial charge in [0.1, 0.15) is 0 Å². The van der Waals surface area contributed by atoms with Gasteiger partial charge in [0.15, 0.2) is 0 Å². The van der Waals surface area contributed by atoms with E-state index in [0.717, 1.165) is 54.6 Å². The first-order chi connectivity index (χ1) is 11.1. The predicted octanol–water partition coefficient (Wildman–Crippen LogP) is 2.73. The van der Waals surface area contributed by atoms with Crippen LogP contribution in [0.2, 0.25) is 0 Å². The quantitative estimate of drug-likeness (QED) is 0.948. The summed E-state index contributed by atoms with van der Waals surface area (Å²) in [5.41, 5.74) is 4.68. The predicted molar refractivity (Wildman–Crippen MR) is 92.3 cm³/mol. The highest BCUT2D eigenvalue weighted by Gasteiger charge is 2.18. The number of aryl methyl sites for hydroxylation is 1. The van der Waals surface area contributed by atoms with Crippen molar-refractivity contribution in [3.63, 3.8) is 0 Å². The number of anilines is 2. The summed E-state index contributed by atoms with van der Waals surface area (Å²) in [7, 11) is 1.98. The van der Waals surface area contributed by atoms with E-state index in [-0.39, 0.29) is 5.91 Å².